The topological polar surface area (TPSA) is 67.4 Å². The fraction of sp³-hybridized carbons (Fsp3) is 0.368. The molecular formula is C19H20N2O3S. The molecule has 2 aliphatic rings. The minimum absolute atomic E-state index is 0.147. The molecule has 6 heteroatoms. The van der Waals surface area contributed by atoms with Crippen molar-refractivity contribution in [2.45, 2.75) is 38.2 Å². The molecule has 5 nitrogen and oxygen atoms in total. The van der Waals surface area contributed by atoms with E-state index in [9.17, 15) is 9.59 Å². The summed E-state index contributed by atoms with van der Waals surface area (Å²) in [7, 11) is 0. The molecule has 1 atom stereocenters. The monoisotopic (exact) mass is 356 g/mol. The van der Waals surface area contributed by atoms with Crippen LogP contribution >= 0.6 is 11.3 Å². The van der Waals surface area contributed by atoms with Crippen LogP contribution in [0.15, 0.2) is 30.3 Å². The van der Waals surface area contributed by atoms with Gasteiger partial charge in [-0.3, -0.25) is 9.59 Å². The lowest BCUT2D eigenvalue weighted by atomic mass is 10.1. The number of ether oxygens (including phenoxy) is 1. The Hall–Kier alpha value is -2.18. The highest BCUT2D eigenvalue weighted by Gasteiger charge is 2.30. The lowest BCUT2D eigenvalue weighted by molar-refractivity contribution is -0.124. The third kappa shape index (κ3) is 3.32. The average Bonchev–Trinajstić information content (AvgIpc) is 3.32. The second-order valence-electron chi connectivity index (χ2n) is 6.37. The fourth-order valence-electron chi connectivity index (χ4n) is 3.42. The lowest BCUT2D eigenvalue weighted by Crippen LogP contribution is -2.27. The Morgan fingerprint density at radius 1 is 1.08 bits per heavy atom. The van der Waals surface area contributed by atoms with Crippen molar-refractivity contribution in [1.82, 2.24) is 0 Å². The van der Waals surface area contributed by atoms with E-state index in [1.165, 1.54) is 16.2 Å². The van der Waals surface area contributed by atoms with Crippen molar-refractivity contribution in [3.8, 4) is 0 Å². The first-order valence-corrected chi connectivity index (χ1v) is 9.47. The van der Waals surface area contributed by atoms with Crippen LogP contribution in [0.5, 0.6) is 0 Å². The van der Waals surface area contributed by atoms with Gasteiger partial charge in [-0.05, 0) is 49.8 Å². The first-order chi connectivity index (χ1) is 12.2. The fourth-order valence-corrected chi connectivity index (χ4v) is 4.71. The zero-order valence-corrected chi connectivity index (χ0v) is 14.7. The Morgan fingerprint density at radius 3 is 2.68 bits per heavy atom. The smallest absolute Gasteiger partial charge is 0.258 e. The summed E-state index contributed by atoms with van der Waals surface area (Å²) >= 11 is 1.53. The standard InChI is InChI=1S/C19H20N2O3S/c22-17(14-9-5-11-24-14)21-19-16(13-8-4-10-15(13)25-19)18(23)20-12-6-2-1-3-7-12/h1-3,6-7,14H,4-5,8-11H2,(H,20,23)(H,21,22)/t14-/m0/s1. The number of hydrogen-bond donors (Lipinski definition) is 2. The van der Waals surface area contributed by atoms with Gasteiger partial charge in [0, 0.05) is 17.2 Å². The van der Waals surface area contributed by atoms with E-state index in [4.69, 9.17) is 4.74 Å². The molecule has 0 saturated carbocycles. The molecule has 2 aromatic rings. The van der Waals surface area contributed by atoms with Gasteiger partial charge in [-0.1, -0.05) is 18.2 Å². The summed E-state index contributed by atoms with van der Waals surface area (Å²) in [6, 6.07) is 9.39. The first kappa shape index (κ1) is 16.3. The van der Waals surface area contributed by atoms with Gasteiger partial charge in [-0.2, -0.15) is 0 Å². The Kier molecular flexibility index (Phi) is 4.55. The Labute approximate surface area is 150 Å². The van der Waals surface area contributed by atoms with Crippen LogP contribution in [-0.2, 0) is 22.4 Å². The van der Waals surface area contributed by atoms with Gasteiger partial charge in [0.25, 0.3) is 11.8 Å². The molecule has 130 valence electrons. The molecule has 1 aromatic carbocycles. The number of aryl methyl sites for hydroxylation is 1. The maximum absolute atomic E-state index is 12.9. The third-order valence-corrected chi connectivity index (χ3v) is 5.85. The van der Waals surface area contributed by atoms with Crippen molar-refractivity contribution in [3.63, 3.8) is 0 Å². The molecule has 2 heterocycles. The second kappa shape index (κ2) is 6.98. The number of amides is 2. The van der Waals surface area contributed by atoms with Crippen molar-refractivity contribution in [2.75, 3.05) is 17.2 Å². The lowest BCUT2D eigenvalue weighted by Gasteiger charge is -2.12. The summed E-state index contributed by atoms with van der Waals surface area (Å²) < 4.78 is 5.45. The maximum Gasteiger partial charge on any atom is 0.258 e. The normalized spacial score (nSPS) is 18.8. The molecule has 0 spiro atoms. The van der Waals surface area contributed by atoms with Gasteiger partial charge in [-0.25, -0.2) is 0 Å². The number of rotatable bonds is 4. The number of nitrogens with one attached hydrogen (secondary N) is 2. The van der Waals surface area contributed by atoms with E-state index in [1.807, 2.05) is 30.3 Å². The summed E-state index contributed by atoms with van der Waals surface area (Å²) in [6.45, 7) is 0.625. The summed E-state index contributed by atoms with van der Waals surface area (Å²) in [5, 5.41) is 6.54. The number of para-hydroxylation sites is 1. The second-order valence-corrected chi connectivity index (χ2v) is 7.48. The highest BCUT2D eigenvalue weighted by Crippen LogP contribution is 2.39. The van der Waals surface area contributed by atoms with Crippen molar-refractivity contribution in [2.24, 2.45) is 0 Å². The maximum atomic E-state index is 12.9. The van der Waals surface area contributed by atoms with Gasteiger partial charge in [0.2, 0.25) is 0 Å². The Bertz CT molecular complexity index is 795. The number of carbonyl (C=O) groups excluding carboxylic acids is 2. The first-order valence-electron chi connectivity index (χ1n) is 8.66. The number of carbonyl (C=O) groups is 2. The van der Waals surface area contributed by atoms with Gasteiger partial charge < -0.3 is 15.4 Å². The number of hydrogen-bond acceptors (Lipinski definition) is 4. The van der Waals surface area contributed by atoms with E-state index >= 15 is 0 Å². The van der Waals surface area contributed by atoms with E-state index < -0.39 is 6.10 Å². The van der Waals surface area contributed by atoms with E-state index in [1.54, 1.807) is 0 Å². The number of thiophene rings is 1. The molecule has 1 saturated heterocycles. The van der Waals surface area contributed by atoms with Gasteiger partial charge in [0.1, 0.15) is 11.1 Å². The van der Waals surface area contributed by atoms with Gasteiger partial charge >= 0.3 is 0 Å². The van der Waals surface area contributed by atoms with Crippen LogP contribution in [0.2, 0.25) is 0 Å². The molecule has 4 rings (SSSR count). The SMILES string of the molecule is O=C(Nc1ccccc1)c1c(NC(=O)[C@@H]2CCCO2)sc2c1CCC2. The van der Waals surface area contributed by atoms with Crippen LogP contribution in [0.25, 0.3) is 0 Å². The molecule has 25 heavy (non-hydrogen) atoms. The van der Waals surface area contributed by atoms with Gasteiger partial charge in [0.15, 0.2) is 0 Å². The van der Waals surface area contributed by atoms with Crippen LogP contribution in [-0.4, -0.2) is 24.5 Å². The van der Waals surface area contributed by atoms with Gasteiger partial charge in [0.05, 0.1) is 5.56 Å². The highest BCUT2D eigenvalue weighted by molar-refractivity contribution is 7.17. The van der Waals surface area contributed by atoms with Crippen LogP contribution in [0.4, 0.5) is 10.7 Å². The molecule has 2 N–H and O–H groups in total. The zero-order valence-electron chi connectivity index (χ0n) is 13.8. The molecule has 0 unspecified atom stereocenters. The van der Waals surface area contributed by atoms with E-state index in [-0.39, 0.29) is 11.8 Å². The van der Waals surface area contributed by atoms with Crippen LogP contribution < -0.4 is 10.6 Å². The van der Waals surface area contributed by atoms with E-state index in [0.717, 1.165) is 43.4 Å². The van der Waals surface area contributed by atoms with Crippen LogP contribution in [0, 0.1) is 0 Å². The number of fused-ring (bicyclic) bond motifs is 1. The molecule has 1 aliphatic carbocycles. The largest absolute Gasteiger partial charge is 0.368 e. The number of benzene rings is 1. The molecule has 2 amide bonds. The predicted octanol–water partition coefficient (Wildman–Crippen LogP) is 3.61. The molecule has 0 bridgehead atoms. The van der Waals surface area contributed by atoms with Crippen LogP contribution in [0.3, 0.4) is 0 Å². The van der Waals surface area contributed by atoms with Crippen molar-refractivity contribution in [1.29, 1.82) is 0 Å². The summed E-state index contributed by atoms with van der Waals surface area (Å²) in [5.74, 6) is -0.306. The highest BCUT2D eigenvalue weighted by atomic mass is 32.1. The molecule has 0 radical (unpaired) electrons. The predicted molar refractivity (Wildman–Crippen MR) is 98.3 cm³/mol. The van der Waals surface area contributed by atoms with Gasteiger partial charge in [-0.15, -0.1) is 11.3 Å². The molecule has 1 aliphatic heterocycles. The third-order valence-electron chi connectivity index (χ3n) is 4.64. The average molecular weight is 356 g/mol. The molecule has 1 fully saturated rings. The van der Waals surface area contributed by atoms with E-state index in [0.29, 0.717) is 17.2 Å². The van der Waals surface area contributed by atoms with Crippen LogP contribution in [0.1, 0.15) is 40.1 Å². The Balaban J connectivity index is 1.59. The summed E-state index contributed by atoms with van der Waals surface area (Å²) in [5.41, 5.74) is 2.45. The quantitative estimate of drug-likeness (QED) is 0.879. The minimum atomic E-state index is -0.401. The summed E-state index contributed by atoms with van der Waals surface area (Å²) in [6.07, 6.45) is 4.16. The Morgan fingerprint density at radius 2 is 1.92 bits per heavy atom. The van der Waals surface area contributed by atoms with E-state index in [2.05, 4.69) is 10.6 Å². The summed E-state index contributed by atoms with van der Waals surface area (Å²) in [4.78, 5) is 26.5. The molecular weight excluding hydrogens is 336 g/mol. The minimum Gasteiger partial charge on any atom is -0.368 e. The van der Waals surface area contributed by atoms with Crippen molar-refractivity contribution in [3.05, 3.63) is 46.3 Å². The zero-order chi connectivity index (χ0) is 17.2. The molecule has 1 aromatic heterocycles. The van der Waals surface area contributed by atoms with Crippen molar-refractivity contribution >= 4 is 33.8 Å². The number of anilines is 2. The van der Waals surface area contributed by atoms with Crippen molar-refractivity contribution < 1.29 is 14.3 Å².